The molecule has 3 aliphatic heterocycles. The lowest BCUT2D eigenvalue weighted by atomic mass is 9.71. The third kappa shape index (κ3) is 6.97. The van der Waals surface area contributed by atoms with E-state index < -0.39 is 130 Å². The predicted molar refractivity (Wildman–Crippen MR) is 195 cm³/mol. The summed E-state index contributed by atoms with van der Waals surface area (Å²) in [6, 6.07) is 1.77. The summed E-state index contributed by atoms with van der Waals surface area (Å²) >= 11 is 0. The van der Waals surface area contributed by atoms with Gasteiger partial charge in [-0.1, -0.05) is 6.92 Å². The van der Waals surface area contributed by atoms with Crippen molar-refractivity contribution in [1.82, 2.24) is 4.90 Å². The van der Waals surface area contributed by atoms with Gasteiger partial charge in [0.1, 0.15) is 41.3 Å². The first kappa shape index (κ1) is 40.8. The van der Waals surface area contributed by atoms with Gasteiger partial charge in [-0.15, -0.1) is 0 Å². The van der Waals surface area contributed by atoms with Crippen molar-refractivity contribution in [3.63, 3.8) is 0 Å². The number of fused-ring (bicyclic) bond motifs is 3. The minimum Gasteiger partial charge on any atom is -0.507 e. The number of rotatable bonds is 8. The van der Waals surface area contributed by atoms with Gasteiger partial charge in [-0.3, -0.25) is 9.59 Å². The number of phenols is 4. The summed E-state index contributed by atoms with van der Waals surface area (Å²) in [4.78, 5) is 29.5. The maximum atomic E-state index is 13.9. The zero-order chi connectivity index (χ0) is 40.5. The van der Waals surface area contributed by atoms with Crippen LogP contribution in [0.15, 0.2) is 12.1 Å². The number of hydrogen-bond donors (Lipinski definition) is 7. The van der Waals surface area contributed by atoms with E-state index in [0.717, 1.165) is 12.1 Å². The van der Waals surface area contributed by atoms with Crippen molar-refractivity contribution < 1.29 is 73.8 Å². The molecule has 0 unspecified atom stereocenters. The van der Waals surface area contributed by atoms with Gasteiger partial charge in [0.2, 0.25) is 11.6 Å². The quantitative estimate of drug-likeness (QED) is 0.163. The first-order valence-electron chi connectivity index (χ1n) is 19.4. The minimum absolute atomic E-state index is 0.0260. The second kappa shape index (κ2) is 15.4. The molecule has 0 amide bonds. The van der Waals surface area contributed by atoms with Gasteiger partial charge in [-0.2, -0.15) is 0 Å². The van der Waals surface area contributed by atoms with Crippen LogP contribution in [0.1, 0.15) is 115 Å². The lowest BCUT2D eigenvalue weighted by molar-refractivity contribution is -0.331. The van der Waals surface area contributed by atoms with Gasteiger partial charge < -0.3 is 69.1 Å². The van der Waals surface area contributed by atoms with E-state index in [0.29, 0.717) is 12.8 Å². The van der Waals surface area contributed by atoms with Crippen molar-refractivity contribution in [3.8, 4) is 23.0 Å². The molecule has 0 radical (unpaired) electrons. The number of hydrogen-bond acceptors (Lipinski definition) is 16. The minimum atomic E-state index is -1.60. The molecule has 2 aromatic carbocycles. The van der Waals surface area contributed by atoms with Gasteiger partial charge in [0.25, 0.3) is 0 Å². The van der Waals surface area contributed by atoms with E-state index >= 15 is 0 Å². The molecular formula is C40H53NO15. The van der Waals surface area contributed by atoms with E-state index in [4.69, 9.17) is 28.4 Å². The van der Waals surface area contributed by atoms with Crippen LogP contribution in [0, 0.1) is 0 Å². The van der Waals surface area contributed by atoms with E-state index in [1.165, 1.54) is 0 Å². The van der Waals surface area contributed by atoms with Gasteiger partial charge in [0.15, 0.2) is 18.9 Å². The molecule has 3 saturated heterocycles. The lowest BCUT2D eigenvalue weighted by Crippen LogP contribution is -2.58. The van der Waals surface area contributed by atoms with E-state index in [2.05, 4.69) is 0 Å². The molecule has 7 rings (SSSR count). The van der Waals surface area contributed by atoms with E-state index in [9.17, 15) is 45.3 Å². The largest absolute Gasteiger partial charge is 0.507 e. The molecule has 3 fully saturated rings. The zero-order valence-corrected chi connectivity index (χ0v) is 32.4. The molecular weight excluding hydrogens is 734 g/mol. The standard InChI is InChI=1S/C40H53NO15/c1-7-40(50)13-12-19-28(34(47)32-31(33(19)46)35(48)29-22(43)8-9-23(44)30(29)36(32)49)39(40)56-26-14-20(41(5)6)37(17(3)52-26)55-27-15-24(45)38(18(4)53-27)54-25-11-10-21(42)16(2)51-25/h8-9,16-18,20-21,24-27,37-39,42-47,50H,7,10-15H2,1-6H3/t16-,17-,18-,20-,21-,24-,25-,26-,27-,37+,38+,39+,40+/m0/s1. The molecule has 7 N–H and O–H groups in total. The Morgan fingerprint density at radius 3 is 1.86 bits per heavy atom. The van der Waals surface area contributed by atoms with Gasteiger partial charge in [0, 0.05) is 36.4 Å². The Labute approximate surface area is 324 Å². The Balaban J connectivity index is 1.11. The lowest BCUT2D eigenvalue weighted by Gasteiger charge is -2.48. The van der Waals surface area contributed by atoms with Crippen molar-refractivity contribution in [3.05, 3.63) is 45.5 Å². The highest BCUT2D eigenvalue weighted by atomic mass is 16.7. The highest BCUT2D eigenvalue weighted by Crippen LogP contribution is 2.54. The topological polar surface area (TPSA) is 234 Å². The van der Waals surface area contributed by atoms with Crippen LogP contribution in [0.4, 0.5) is 0 Å². The van der Waals surface area contributed by atoms with Crippen LogP contribution in [0.2, 0.25) is 0 Å². The average molecular weight is 788 g/mol. The number of aliphatic hydroxyl groups is 3. The summed E-state index contributed by atoms with van der Waals surface area (Å²) in [5.74, 6) is -4.36. The number of carbonyl (C=O) groups excluding carboxylic acids is 2. The highest BCUT2D eigenvalue weighted by molar-refractivity contribution is 6.32. The van der Waals surface area contributed by atoms with E-state index in [1.807, 2.05) is 19.0 Å². The fraction of sp³-hybridized carbons (Fsp3) is 0.650. The molecule has 5 aliphatic rings. The molecule has 16 nitrogen and oxygen atoms in total. The summed E-state index contributed by atoms with van der Waals surface area (Å²) in [7, 11) is 3.73. The molecule has 0 aromatic heterocycles. The van der Waals surface area contributed by atoms with Gasteiger partial charge in [-0.25, -0.2) is 0 Å². The Bertz CT molecular complexity index is 1840. The van der Waals surface area contributed by atoms with Crippen LogP contribution >= 0.6 is 0 Å². The van der Waals surface area contributed by atoms with Crippen molar-refractivity contribution in [1.29, 1.82) is 0 Å². The number of carbonyl (C=O) groups is 2. The fourth-order valence-corrected chi connectivity index (χ4v) is 9.02. The number of ketones is 2. The van der Waals surface area contributed by atoms with Crippen molar-refractivity contribution in [2.75, 3.05) is 14.1 Å². The summed E-state index contributed by atoms with van der Waals surface area (Å²) in [5, 5.41) is 77.6. The van der Waals surface area contributed by atoms with Crippen LogP contribution in [-0.2, 0) is 34.8 Å². The molecule has 0 bridgehead atoms. The molecule has 0 saturated carbocycles. The SMILES string of the molecule is CC[C@@]1(O)CCc2c(O)c3c(c(O)c2[C@H]1O[C@H]1C[C@H](N(C)C)[C@H](O[C@H]2C[C@H](O)[C@H](O[C@H]4CC[C@H](O)[C@H](C)O4)[C@H](C)O2)[C@H](C)O1)C(=O)c1c(O)ccc(O)c1C3=O. The predicted octanol–water partition coefficient (Wildman–Crippen LogP) is 2.65. The Morgan fingerprint density at radius 2 is 1.29 bits per heavy atom. The van der Waals surface area contributed by atoms with E-state index in [1.54, 1.807) is 27.7 Å². The molecule has 3 heterocycles. The maximum absolute atomic E-state index is 13.9. The summed E-state index contributed by atoms with van der Waals surface area (Å²) in [6.45, 7) is 7.09. The Hall–Kier alpha value is -3.42. The number of phenolic OH excluding ortho intramolecular Hbond substituents is 4. The summed E-state index contributed by atoms with van der Waals surface area (Å²) in [6.07, 6.45) is -6.45. The second-order valence-electron chi connectivity index (χ2n) is 16.1. The Kier molecular flexibility index (Phi) is 11.2. The van der Waals surface area contributed by atoms with Crippen LogP contribution in [0.5, 0.6) is 23.0 Å². The number of likely N-dealkylation sites (N-methyl/N-ethyl adjacent to an activating group) is 1. The molecule has 2 aromatic rings. The molecule has 56 heavy (non-hydrogen) atoms. The van der Waals surface area contributed by atoms with Crippen molar-refractivity contribution >= 4 is 11.6 Å². The van der Waals surface area contributed by atoms with Crippen LogP contribution in [0.3, 0.4) is 0 Å². The monoisotopic (exact) mass is 787 g/mol. The normalized spacial score (nSPS) is 37.2. The number of ether oxygens (including phenoxy) is 6. The highest BCUT2D eigenvalue weighted by Gasteiger charge is 2.51. The summed E-state index contributed by atoms with van der Waals surface area (Å²) < 4.78 is 37.5. The molecule has 308 valence electrons. The Morgan fingerprint density at radius 1 is 0.732 bits per heavy atom. The zero-order valence-electron chi connectivity index (χ0n) is 32.4. The van der Waals surface area contributed by atoms with Crippen LogP contribution in [0.25, 0.3) is 0 Å². The fourth-order valence-electron chi connectivity index (χ4n) is 9.02. The average Bonchev–Trinajstić information content (AvgIpc) is 3.14. The second-order valence-corrected chi connectivity index (χ2v) is 16.1. The third-order valence-corrected chi connectivity index (χ3v) is 12.3. The van der Waals surface area contributed by atoms with Gasteiger partial charge in [-0.05, 0) is 72.7 Å². The number of nitrogens with zero attached hydrogens (tertiary/aromatic N) is 1. The van der Waals surface area contributed by atoms with Crippen LogP contribution < -0.4 is 0 Å². The summed E-state index contributed by atoms with van der Waals surface area (Å²) in [5.41, 5.74) is -3.63. The smallest absolute Gasteiger partial charge is 0.202 e. The molecule has 16 heteroatoms. The maximum Gasteiger partial charge on any atom is 0.202 e. The van der Waals surface area contributed by atoms with Crippen molar-refractivity contribution in [2.45, 2.75) is 152 Å². The number of aromatic hydroxyl groups is 4. The van der Waals surface area contributed by atoms with Gasteiger partial charge >= 0.3 is 0 Å². The first-order chi connectivity index (χ1) is 26.4. The number of benzene rings is 2. The van der Waals surface area contributed by atoms with Crippen molar-refractivity contribution in [2.24, 2.45) is 0 Å². The first-order valence-corrected chi connectivity index (χ1v) is 19.4. The third-order valence-electron chi connectivity index (χ3n) is 12.3. The molecule has 0 spiro atoms. The molecule has 2 aliphatic carbocycles. The molecule has 13 atom stereocenters. The van der Waals surface area contributed by atoms with Gasteiger partial charge in [0.05, 0.1) is 58.4 Å². The van der Waals surface area contributed by atoms with Crippen LogP contribution in [-0.4, -0.2) is 140 Å². The van der Waals surface area contributed by atoms with E-state index in [-0.39, 0.29) is 49.3 Å². The number of aliphatic hydroxyl groups excluding tert-OH is 2.